The van der Waals surface area contributed by atoms with E-state index in [2.05, 4.69) is 0 Å². The molecule has 0 aromatic heterocycles. The van der Waals surface area contributed by atoms with Crippen LogP contribution >= 0.6 is 0 Å². The van der Waals surface area contributed by atoms with Crippen LogP contribution in [-0.2, 0) is 52.5 Å². The van der Waals surface area contributed by atoms with Crippen LogP contribution in [0.1, 0.15) is 53.4 Å². The SMILES string of the molecule is CC1(C)OC[C@H]([C@H]2OC(c3ccccc3)O[C@@H](C[Se+]3C[C@H]4OC(C)(C)O[C@H]4[C@@H]3[C@H]3COC(C)(C)O3)[C@H]2OS(=O)(=O)O)O1. The summed E-state index contributed by atoms with van der Waals surface area (Å²) in [6.07, 6.45) is -4.90. The number of rotatable bonds is 7. The van der Waals surface area contributed by atoms with Crippen molar-refractivity contribution in [3.63, 3.8) is 0 Å². The summed E-state index contributed by atoms with van der Waals surface area (Å²) in [7, 11) is -4.88. The topological polar surface area (TPSA) is 137 Å². The van der Waals surface area contributed by atoms with E-state index >= 15 is 0 Å². The fraction of sp³-hybridized carbons (Fsp3) is 0.786. The Balaban J connectivity index is 1.33. The molecule has 0 amide bonds. The Bertz CT molecular complexity index is 1230. The van der Waals surface area contributed by atoms with Crippen molar-refractivity contribution in [1.82, 2.24) is 0 Å². The van der Waals surface area contributed by atoms with E-state index in [0.29, 0.717) is 11.9 Å². The van der Waals surface area contributed by atoms with E-state index in [-0.39, 0.29) is 29.7 Å². The van der Waals surface area contributed by atoms with Crippen molar-refractivity contribution in [2.75, 3.05) is 13.2 Å². The van der Waals surface area contributed by atoms with E-state index in [4.69, 9.17) is 42.1 Å². The fourth-order valence-electron chi connectivity index (χ4n) is 6.51. The van der Waals surface area contributed by atoms with Crippen LogP contribution in [-0.4, -0.2) is 100 Å². The van der Waals surface area contributed by atoms with Gasteiger partial charge in [0.2, 0.25) is 0 Å². The van der Waals surface area contributed by atoms with Gasteiger partial charge in [-0.2, -0.15) is 0 Å². The molecule has 5 saturated heterocycles. The van der Waals surface area contributed by atoms with Gasteiger partial charge in [-0.05, 0) is 0 Å². The Kier molecular flexibility index (Phi) is 8.39. The van der Waals surface area contributed by atoms with E-state index in [9.17, 15) is 13.0 Å². The zero-order chi connectivity index (χ0) is 30.1. The summed E-state index contributed by atoms with van der Waals surface area (Å²) >= 11 is -1.72. The molecule has 236 valence electrons. The van der Waals surface area contributed by atoms with Crippen molar-refractivity contribution < 1.29 is 55.0 Å². The van der Waals surface area contributed by atoms with Gasteiger partial charge in [0.15, 0.2) is 0 Å². The van der Waals surface area contributed by atoms with E-state index in [1.165, 1.54) is 0 Å². The Labute approximate surface area is 251 Å². The third kappa shape index (κ3) is 6.76. The molecule has 5 heterocycles. The van der Waals surface area contributed by atoms with Gasteiger partial charge in [-0.15, -0.1) is 0 Å². The maximum absolute atomic E-state index is 12.2. The molecule has 5 aliphatic heterocycles. The summed E-state index contributed by atoms with van der Waals surface area (Å²) in [5.74, 6) is -2.35. The molecule has 5 fully saturated rings. The van der Waals surface area contributed by atoms with Crippen LogP contribution < -0.4 is 0 Å². The van der Waals surface area contributed by atoms with Crippen LogP contribution in [0.2, 0.25) is 15.5 Å². The van der Waals surface area contributed by atoms with Gasteiger partial charge in [0, 0.05) is 0 Å². The number of hydrogen-bond donors (Lipinski definition) is 1. The van der Waals surface area contributed by atoms with E-state index < -0.39 is 72.4 Å². The maximum atomic E-state index is 12.2. The van der Waals surface area contributed by atoms with Crippen molar-refractivity contribution in [2.45, 2.75) is 123 Å². The fourth-order valence-corrected chi connectivity index (χ4v) is 13.6. The summed E-state index contributed by atoms with van der Waals surface area (Å²) in [5, 5.41) is 1.24. The normalized spacial score (nSPS) is 42.5. The van der Waals surface area contributed by atoms with Crippen molar-refractivity contribution in [2.24, 2.45) is 0 Å². The number of fused-ring (bicyclic) bond motifs is 1. The molecule has 0 aliphatic carbocycles. The summed E-state index contributed by atoms with van der Waals surface area (Å²) in [5.41, 5.74) is 0.763. The minimum atomic E-state index is -4.88. The van der Waals surface area contributed by atoms with Gasteiger partial charge in [0.05, 0.1) is 0 Å². The molecule has 0 saturated carbocycles. The number of benzene rings is 1. The third-order valence-corrected chi connectivity index (χ3v) is 14.5. The summed E-state index contributed by atoms with van der Waals surface area (Å²) < 4.78 is 89.4. The zero-order valence-corrected chi connectivity index (χ0v) is 27.2. The first-order valence-corrected chi connectivity index (χ1v) is 19.0. The van der Waals surface area contributed by atoms with Crippen LogP contribution in [0.5, 0.6) is 0 Å². The molecule has 1 N–H and O–H groups in total. The molecule has 0 bridgehead atoms. The first kappa shape index (κ1) is 31.3. The van der Waals surface area contributed by atoms with Gasteiger partial charge in [-0.25, -0.2) is 0 Å². The van der Waals surface area contributed by atoms with Crippen LogP contribution in [0.3, 0.4) is 0 Å². The van der Waals surface area contributed by atoms with Gasteiger partial charge < -0.3 is 0 Å². The molecule has 0 spiro atoms. The number of hydrogen-bond acceptors (Lipinski definition) is 11. The number of ether oxygens (including phenoxy) is 8. The second kappa shape index (κ2) is 11.3. The third-order valence-electron chi connectivity index (χ3n) is 8.05. The Morgan fingerprint density at radius 1 is 0.833 bits per heavy atom. The van der Waals surface area contributed by atoms with Gasteiger partial charge in [0.25, 0.3) is 0 Å². The van der Waals surface area contributed by atoms with E-state index in [1.807, 2.05) is 58.0 Å². The first-order valence-electron chi connectivity index (χ1n) is 14.3. The minimum absolute atomic E-state index is 0.00463. The molecule has 2 unspecified atom stereocenters. The molecule has 1 aromatic carbocycles. The van der Waals surface area contributed by atoms with Crippen molar-refractivity contribution >= 4 is 24.3 Å². The molecule has 0 radical (unpaired) electrons. The molecule has 14 heteroatoms. The summed E-state index contributed by atoms with van der Waals surface area (Å²) in [6.45, 7) is 11.7. The van der Waals surface area contributed by atoms with Gasteiger partial charge in [0.1, 0.15) is 0 Å². The molecule has 42 heavy (non-hydrogen) atoms. The van der Waals surface area contributed by atoms with Gasteiger partial charge in [-0.1, -0.05) is 0 Å². The van der Waals surface area contributed by atoms with Gasteiger partial charge in [-0.3, -0.25) is 0 Å². The second-order valence-electron chi connectivity index (χ2n) is 12.7. The average molecular weight is 681 g/mol. The van der Waals surface area contributed by atoms with E-state index in [0.717, 1.165) is 10.9 Å². The summed E-state index contributed by atoms with van der Waals surface area (Å²) in [6, 6.07) is 9.41. The predicted molar refractivity (Wildman–Crippen MR) is 148 cm³/mol. The summed E-state index contributed by atoms with van der Waals surface area (Å²) in [4.78, 5) is -0.00463. The van der Waals surface area contributed by atoms with E-state index in [1.54, 1.807) is 13.8 Å². The Morgan fingerprint density at radius 3 is 2.05 bits per heavy atom. The average Bonchev–Trinajstić information content (AvgIpc) is 3.59. The van der Waals surface area contributed by atoms with Gasteiger partial charge >= 0.3 is 252 Å². The molecule has 5 aliphatic rings. The van der Waals surface area contributed by atoms with Crippen LogP contribution in [0.15, 0.2) is 30.3 Å². The van der Waals surface area contributed by atoms with Crippen LogP contribution in [0.25, 0.3) is 0 Å². The molecule has 1 aromatic rings. The van der Waals surface area contributed by atoms with Crippen molar-refractivity contribution in [3.05, 3.63) is 35.9 Å². The standard InChI is InChI=1S/C28H40O12SSe/c1-26(2)32-12-17(36-26)21-22(40-41(29,30)31)19(34-25(35-21)16-10-8-7-9-11-16)14-42-15-20-23(39-28(5,6)38-20)24(42)18-13-33-27(3,4)37-18/h7-11,17-25H,12-15H2,1-6H3/p+1/t17-,18-,19+,20-,21-,22-,23-,24+,25?,42?/m1/s1. The molecule has 10 atom stereocenters. The Hall–Kier alpha value is -0.711. The molecular weight excluding hydrogens is 639 g/mol. The monoisotopic (exact) mass is 681 g/mol. The molecule has 6 rings (SSSR count). The molecular formula is C28H41O12SSe+. The zero-order valence-electron chi connectivity index (χ0n) is 24.7. The molecule has 12 nitrogen and oxygen atoms in total. The Morgan fingerprint density at radius 2 is 1.45 bits per heavy atom. The predicted octanol–water partition coefficient (Wildman–Crippen LogP) is 3.36. The van der Waals surface area contributed by atoms with Crippen molar-refractivity contribution in [3.8, 4) is 0 Å². The quantitative estimate of drug-likeness (QED) is 0.334. The van der Waals surface area contributed by atoms with Crippen LogP contribution in [0.4, 0.5) is 0 Å². The second-order valence-corrected chi connectivity index (χ2v) is 18.6. The van der Waals surface area contributed by atoms with Crippen LogP contribution in [0, 0.1) is 0 Å². The first-order chi connectivity index (χ1) is 19.6. The van der Waals surface area contributed by atoms with Crippen molar-refractivity contribution in [1.29, 1.82) is 0 Å².